The monoisotopic (exact) mass is 250 g/mol. The number of hydrogen-bond donors (Lipinski definition) is 0. The van der Waals surface area contributed by atoms with Gasteiger partial charge in [-0.25, -0.2) is 0 Å². The van der Waals surface area contributed by atoms with Crippen molar-refractivity contribution in [3.8, 4) is 0 Å². The Balaban J connectivity index is 1.81. The second-order valence-electron chi connectivity index (χ2n) is 6.54. The lowest BCUT2D eigenvalue weighted by molar-refractivity contribution is 0.0965. The van der Waals surface area contributed by atoms with Gasteiger partial charge in [0.05, 0.1) is 0 Å². The Morgan fingerprint density at radius 3 is 2.17 bits per heavy atom. The Labute approximate surface area is 113 Å². The molecule has 0 aromatic rings. The lowest BCUT2D eigenvalue weighted by Crippen LogP contribution is -2.48. The van der Waals surface area contributed by atoms with Crippen molar-refractivity contribution in [3.05, 3.63) is 11.6 Å². The lowest BCUT2D eigenvalue weighted by Gasteiger charge is -2.41. The van der Waals surface area contributed by atoms with E-state index in [0.29, 0.717) is 0 Å². The molecular weight excluding hydrogens is 220 g/mol. The molecule has 2 heterocycles. The number of piperidine rings is 1. The second-order valence-corrected chi connectivity index (χ2v) is 6.54. The number of hydrogen-bond acceptors (Lipinski definition) is 2. The first-order valence-electron chi connectivity index (χ1n) is 7.75. The summed E-state index contributed by atoms with van der Waals surface area (Å²) in [6.45, 7) is 14.3. The van der Waals surface area contributed by atoms with Gasteiger partial charge in [-0.05, 0) is 52.1 Å². The summed E-state index contributed by atoms with van der Waals surface area (Å²) >= 11 is 0. The van der Waals surface area contributed by atoms with Crippen molar-refractivity contribution in [1.82, 2.24) is 9.80 Å². The zero-order valence-electron chi connectivity index (χ0n) is 12.7. The van der Waals surface area contributed by atoms with E-state index in [1.54, 1.807) is 5.57 Å². The van der Waals surface area contributed by atoms with Gasteiger partial charge in [0.2, 0.25) is 0 Å². The lowest BCUT2D eigenvalue weighted by atomic mass is 9.94. The summed E-state index contributed by atoms with van der Waals surface area (Å²) in [5.74, 6) is 0.745. The van der Waals surface area contributed by atoms with Crippen LogP contribution in [0.25, 0.3) is 0 Å². The van der Waals surface area contributed by atoms with E-state index in [1.165, 1.54) is 45.4 Å². The minimum atomic E-state index is 0.722. The average molecular weight is 250 g/mol. The molecule has 0 N–H and O–H groups in total. The molecule has 2 nitrogen and oxygen atoms in total. The SMILES string of the molecule is CC(C)C1=CCN(C2CCN(C(C)C)CC2)CC1. The summed E-state index contributed by atoms with van der Waals surface area (Å²) in [6.07, 6.45) is 6.51. The van der Waals surface area contributed by atoms with Gasteiger partial charge in [-0.15, -0.1) is 0 Å². The van der Waals surface area contributed by atoms with Crippen LogP contribution >= 0.6 is 0 Å². The van der Waals surface area contributed by atoms with Gasteiger partial charge in [-0.2, -0.15) is 0 Å². The second kappa shape index (κ2) is 6.21. The number of likely N-dealkylation sites (tertiary alicyclic amines) is 1. The maximum Gasteiger partial charge on any atom is 0.0169 e. The summed E-state index contributed by atoms with van der Waals surface area (Å²) in [5.41, 5.74) is 1.67. The van der Waals surface area contributed by atoms with Crippen LogP contribution in [0.5, 0.6) is 0 Å². The Bertz CT molecular complexity index is 285. The third-order valence-electron chi connectivity index (χ3n) is 4.76. The van der Waals surface area contributed by atoms with Crippen molar-refractivity contribution in [2.75, 3.05) is 26.2 Å². The first kappa shape index (κ1) is 14.1. The minimum Gasteiger partial charge on any atom is -0.301 e. The fourth-order valence-electron chi connectivity index (χ4n) is 3.32. The van der Waals surface area contributed by atoms with Gasteiger partial charge in [0, 0.05) is 25.2 Å². The molecule has 1 fully saturated rings. The summed E-state index contributed by atoms with van der Waals surface area (Å²) in [4.78, 5) is 5.33. The molecule has 0 aromatic heterocycles. The van der Waals surface area contributed by atoms with E-state index >= 15 is 0 Å². The molecule has 1 saturated heterocycles. The Kier molecular flexibility index (Phi) is 4.85. The van der Waals surface area contributed by atoms with Crippen LogP contribution in [0, 0.1) is 5.92 Å². The predicted molar refractivity (Wildman–Crippen MR) is 78.8 cm³/mol. The van der Waals surface area contributed by atoms with Crippen molar-refractivity contribution in [3.63, 3.8) is 0 Å². The van der Waals surface area contributed by atoms with Crippen molar-refractivity contribution < 1.29 is 0 Å². The summed E-state index contributed by atoms with van der Waals surface area (Å²) < 4.78 is 0. The molecule has 2 aliphatic rings. The maximum atomic E-state index is 2.71. The summed E-state index contributed by atoms with van der Waals surface area (Å²) in [5, 5.41) is 0. The van der Waals surface area contributed by atoms with Gasteiger partial charge >= 0.3 is 0 Å². The van der Waals surface area contributed by atoms with Crippen LogP contribution in [0.4, 0.5) is 0 Å². The van der Waals surface area contributed by atoms with Crippen LogP contribution in [-0.4, -0.2) is 48.1 Å². The fourth-order valence-corrected chi connectivity index (χ4v) is 3.32. The minimum absolute atomic E-state index is 0.722. The van der Waals surface area contributed by atoms with Crippen LogP contribution < -0.4 is 0 Å². The average Bonchev–Trinajstić information content (AvgIpc) is 2.39. The molecule has 0 aliphatic carbocycles. The Morgan fingerprint density at radius 1 is 1.06 bits per heavy atom. The first-order valence-corrected chi connectivity index (χ1v) is 7.75. The van der Waals surface area contributed by atoms with Gasteiger partial charge < -0.3 is 4.90 Å². The largest absolute Gasteiger partial charge is 0.301 e. The van der Waals surface area contributed by atoms with Gasteiger partial charge in [0.15, 0.2) is 0 Å². The molecule has 0 amide bonds. The van der Waals surface area contributed by atoms with Crippen molar-refractivity contribution in [2.45, 2.75) is 59.0 Å². The number of nitrogens with zero attached hydrogens (tertiary/aromatic N) is 2. The van der Waals surface area contributed by atoms with Crippen LogP contribution in [0.3, 0.4) is 0 Å². The van der Waals surface area contributed by atoms with Crippen LogP contribution in [-0.2, 0) is 0 Å². The van der Waals surface area contributed by atoms with E-state index in [2.05, 4.69) is 43.6 Å². The molecule has 0 radical (unpaired) electrons. The van der Waals surface area contributed by atoms with Crippen LogP contribution in [0.1, 0.15) is 47.0 Å². The smallest absolute Gasteiger partial charge is 0.0169 e. The maximum absolute atomic E-state index is 2.71. The van der Waals surface area contributed by atoms with E-state index in [9.17, 15) is 0 Å². The molecule has 18 heavy (non-hydrogen) atoms. The van der Waals surface area contributed by atoms with Crippen molar-refractivity contribution in [2.24, 2.45) is 5.92 Å². The molecule has 0 unspecified atom stereocenters. The van der Waals surface area contributed by atoms with Gasteiger partial charge in [-0.1, -0.05) is 25.5 Å². The topological polar surface area (TPSA) is 6.48 Å². The molecule has 0 atom stereocenters. The zero-order chi connectivity index (χ0) is 13.1. The first-order chi connectivity index (χ1) is 8.58. The van der Waals surface area contributed by atoms with Crippen molar-refractivity contribution in [1.29, 1.82) is 0 Å². The highest BCUT2D eigenvalue weighted by Crippen LogP contribution is 2.24. The van der Waals surface area contributed by atoms with E-state index in [0.717, 1.165) is 18.0 Å². The Morgan fingerprint density at radius 2 is 1.72 bits per heavy atom. The van der Waals surface area contributed by atoms with Crippen LogP contribution in [0.2, 0.25) is 0 Å². The van der Waals surface area contributed by atoms with E-state index < -0.39 is 0 Å². The Hall–Kier alpha value is -0.340. The van der Waals surface area contributed by atoms with Crippen LogP contribution in [0.15, 0.2) is 11.6 Å². The summed E-state index contributed by atoms with van der Waals surface area (Å²) in [7, 11) is 0. The molecule has 0 spiro atoms. The molecule has 104 valence electrons. The third kappa shape index (κ3) is 3.36. The molecule has 2 rings (SSSR count). The van der Waals surface area contributed by atoms with Gasteiger partial charge in [0.25, 0.3) is 0 Å². The van der Waals surface area contributed by atoms with E-state index in [-0.39, 0.29) is 0 Å². The highest BCUT2D eigenvalue weighted by molar-refractivity contribution is 5.10. The molecule has 0 bridgehead atoms. The number of rotatable bonds is 3. The quantitative estimate of drug-likeness (QED) is 0.710. The molecule has 0 aromatic carbocycles. The highest BCUT2D eigenvalue weighted by Gasteiger charge is 2.26. The fraction of sp³-hybridized carbons (Fsp3) is 0.875. The zero-order valence-corrected chi connectivity index (χ0v) is 12.7. The predicted octanol–water partition coefficient (Wildman–Crippen LogP) is 3.15. The molecule has 2 aliphatic heterocycles. The van der Waals surface area contributed by atoms with Gasteiger partial charge in [0.1, 0.15) is 0 Å². The third-order valence-corrected chi connectivity index (χ3v) is 4.76. The normalized spacial score (nSPS) is 24.9. The van der Waals surface area contributed by atoms with E-state index in [1.807, 2.05) is 0 Å². The molecule has 0 saturated carbocycles. The molecular formula is C16H30N2. The van der Waals surface area contributed by atoms with Gasteiger partial charge in [-0.3, -0.25) is 4.90 Å². The summed E-state index contributed by atoms with van der Waals surface area (Å²) in [6, 6.07) is 1.56. The standard InChI is InChI=1S/C16H30N2/c1-13(2)15-5-9-18(10-6-15)16-7-11-17(12-8-16)14(3)4/h5,13-14,16H,6-12H2,1-4H3. The van der Waals surface area contributed by atoms with E-state index in [4.69, 9.17) is 0 Å². The molecule has 2 heteroatoms. The highest BCUT2D eigenvalue weighted by atomic mass is 15.2. The van der Waals surface area contributed by atoms with Crippen molar-refractivity contribution >= 4 is 0 Å².